The minimum Gasteiger partial charge on any atom is -0.368 e. The molecule has 1 aliphatic carbocycles. The van der Waals surface area contributed by atoms with Crippen LogP contribution in [0.15, 0.2) is 29.2 Å². The van der Waals surface area contributed by atoms with Crippen LogP contribution in [0.2, 0.25) is 0 Å². The van der Waals surface area contributed by atoms with Gasteiger partial charge in [0.2, 0.25) is 5.91 Å². The summed E-state index contributed by atoms with van der Waals surface area (Å²) in [6.45, 7) is 0. The fourth-order valence-electron chi connectivity index (χ4n) is 3.29. The Morgan fingerprint density at radius 2 is 2.05 bits per heavy atom. The SMILES string of the molecule is NC(=O)C1(NC2CCCC2)CCSc2ccccc21. The lowest BCUT2D eigenvalue weighted by molar-refractivity contribution is -0.125. The topological polar surface area (TPSA) is 55.1 Å². The molecule has 3 nitrogen and oxygen atoms in total. The molecular weight excluding hydrogens is 256 g/mol. The van der Waals surface area contributed by atoms with E-state index in [2.05, 4.69) is 11.4 Å². The number of benzene rings is 1. The Bertz CT molecular complexity index is 485. The Hall–Kier alpha value is -1.00. The molecule has 102 valence electrons. The molecule has 3 rings (SSSR count). The third kappa shape index (κ3) is 2.28. The molecule has 0 bridgehead atoms. The average Bonchev–Trinajstić information content (AvgIpc) is 2.91. The second kappa shape index (κ2) is 5.17. The standard InChI is InChI=1S/C15H20N2OS/c16-14(18)15(17-11-5-1-2-6-11)9-10-19-13-8-4-3-7-12(13)15/h3-4,7-8,11,17H,1-2,5-6,9-10H2,(H2,16,18). The molecule has 0 radical (unpaired) electrons. The zero-order valence-corrected chi connectivity index (χ0v) is 11.8. The van der Waals surface area contributed by atoms with Crippen molar-refractivity contribution in [3.8, 4) is 0 Å². The van der Waals surface area contributed by atoms with Gasteiger partial charge in [0.1, 0.15) is 5.54 Å². The molecule has 0 spiro atoms. The fraction of sp³-hybridized carbons (Fsp3) is 0.533. The summed E-state index contributed by atoms with van der Waals surface area (Å²) in [6.07, 6.45) is 5.61. The second-order valence-electron chi connectivity index (χ2n) is 5.49. The highest BCUT2D eigenvalue weighted by Crippen LogP contribution is 2.41. The molecule has 0 saturated heterocycles. The highest BCUT2D eigenvalue weighted by molar-refractivity contribution is 7.99. The minimum atomic E-state index is -0.656. The maximum Gasteiger partial charge on any atom is 0.242 e. The zero-order valence-electron chi connectivity index (χ0n) is 11.0. The van der Waals surface area contributed by atoms with Crippen LogP contribution < -0.4 is 11.1 Å². The van der Waals surface area contributed by atoms with Crippen molar-refractivity contribution in [2.24, 2.45) is 5.73 Å². The monoisotopic (exact) mass is 276 g/mol. The number of carbonyl (C=O) groups excluding carboxylic acids is 1. The Morgan fingerprint density at radius 3 is 2.79 bits per heavy atom. The van der Waals surface area contributed by atoms with Gasteiger partial charge in [-0.2, -0.15) is 0 Å². The van der Waals surface area contributed by atoms with E-state index in [1.165, 1.54) is 17.7 Å². The molecular formula is C15H20N2OS. The molecule has 3 N–H and O–H groups in total. The van der Waals surface area contributed by atoms with Gasteiger partial charge in [0.05, 0.1) is 0 Å². The van der Waals surface area contributed by atoms with Crippen molar-refractivity contribution in [1.82, 2.24) is 5.32 Å². The summed E-state index contributed by atoms with van der Waals surface area (Å²) >= 11 is 1.82. The fourth-order valence-corrected chi connectivity index (χ4v) is 4.49. The summed E-state index contributed by atoms with van der Waals surface area (Å²) in [7, 11) is 0. The van der Waals surface area contributed by atoms with Gasteiger partial charge in [0.25, 0.3) is 0 Å². The lowest BCUT2D eigenvalue weighted by atomic mass is 9.84. The van der Waals surface area contributed by atoms with Crippen LogP contribution in [0.25, 0.3) is 0 Å². The van der Waals surface area contributed by atoms with Gasteiger partial charge in [-0.3, -0.25) is 10.1 Å². The first-order valence-electron chi connectivity index (χ1n) is 7.02. The van der Waals surface area contributed by atoms with E-state index in [9.17, 15) is 4.79 Å². The van der Waals surface area contributed by atoms with E-state index in [1.54, 1.807) is 0 Å². The van der Waals surface area contributed by atoms with Crippen molar-refractivity contribution >= 4 is 17.7 Å². The molecule has 1 aromatic carbocycles. The van der Waals surface area contributed by atoms with E-state index >= 15 is 0 Å². The summed E-state index contributed by atoms with van der Waals surface area (Å²) in [5.41, 5.74) is 6.20. The van der Waals surface area contributed by atoms with Crippen molar-refractivity contribution in [3.63, 3.8) is 0 Å². The largest absolute Gasteiger partial charge is 0.368 e. The molecule has 1 aromatic rings. The third-order valence-corrected chi connectivity index (χ3v) is 5.38. The maximum atomic E-state index is 12.2. The molecule has 0 aromatic heterocycles. The van der Waals surface area contributed by atoms with Crippen molar-refractivity contribution in [1.29, 1.82) is 0 Å². The normalized spacial score (nSPS) is 27.2. The summed E-state index contributed by atoms with van der Waals surface area (Å²) in [6, 6.07) is 8.60. The van der Waals surface area contributed by atoms with Crippen LogP contribution in [-0.2, 0) is 10.3 Å². The van der Waals surface area contributed by atoms with Gasteiger partial charge in [0.15, 0.2) is 0 Å². The number of amides is 1. The van der Waals surface area contributed by atoms with Gasteiger partial charge in [-0.05, 0) is 30.9 Å². The van der Waals surface area contributed by atoms with Gasteiger partial charge in [-0.15, -0.1) is 11.8 Å². The van der Waals surface area contributed by atoms with Crippen molar-refractivity contribution in [2.45, 2.75) is 48.6 Å². The molecule has 1 heterocycles. The van der Waals surface area contributed by atoms with Gasteiger partial charge in [-0.25, -0.2) is 0 Å². The van der Waals surface area contributed by atoms with Crippen molar-refractivity contribution < 1.29 is 4.79 Å². The van der Waals surface area contributed by atoms with Crippen LogP contribution in [0.3, 0.4) is 0 Å². The third-order valence-electron chi connectivity index (χ3n) is 4.31. The van der Waals surface area contributed by atoms with E-state index < -0.39 is 5.54 Å². The first kappa shape index (κ1) is 13.0. The number of thioether (sulfide) groups is 1. The van der Waals surface area contributed by atoms with Crippen LogP contribution in [0.5, 0.6) is 0 Å². The minimum absolute atomic E-state index is 0.229. The van der Waals surface area contributed by atoms with E-state index in [4.69, 9.17) is 5.73 Å². The van der Waals surface area contributed by atoms with E-state index in [-0.39, 0.29) is 5.91 Å². The Balaban J connectivity index is 1.99. The van der Waals surface area contributed by atoms with Crippen LogP contribution >= 0.6 is 11.8 Å². The molecule has 1 aliphatic heterocycles. The highest BCUT2D eigenvalue weighted by atomic mass is 32.2. The summed E-state index contributed by atoms with van der Waals surface area (Å²) < 4.78 is 0. The second-order valence-corrected chi connectivity index (χ2v) is 6.63. The number of hydrogen-bond donors (Lipinski definition) is 2. The van der Waals surface area contributed by atoms with Gasteiger partial charge in [-0.1, -0.05) is 31.0 Å². The summed E-state index contributed by atoms with van der Waals surface area (Å²) in [4.78, 5) is 13.4. The van der Waals surface area contributed by atoms with Crippen LogP contribution in [0.4, 0.5) is 0 Å². The predicted octanol–water partition coefficient (Wildman–Crippen LogP) is 2.40. The van der Waals surface area contributed by atoms with Gasteiger partial charge in [0, 0.05) is 16.7 Å². The molecule has 1 unspecified atom stereocenters. The first-order chi connectivity index (χ1) is 9.22. The summed E-state index contributed by atoms with van der Waals surface area (Å²) in [5, 5.41) is 3.60. The molecule has 1 saturated carbocycles. The highest BCUT2D eigenvalue weighted by Gasteiger charge is 2.43. The van der Waals surface area contributed by atoms with E-state index in [0.29, 0.717) is 6.04 Å². The molecule has 2 aliphatic rings. The predicted molar refractivity (Wildman–Crippen MR) is 78.0 cm³/mol. The molecule has 1 amide bonds. The quantitative estimate of drug-likeness (QED) is 0.891. The molecule has 4 heteroatoms. The van der Waals surface area contributed by atoms with Crippen LogP contribution in [-0.4, -0.2) is 17.7 Å². The number of carbonyl (C=O) groups is 1. The zero-order chi connectivity index (χ0) is 13.3. The lowest BCUT2D eigenvalue weighted by Gasteiger charge is -2.39. The number of fused-ring (bicyclic) bond motifs is 1. The molecule has 19 heavy (non-hydrogen) atoms. The number of hydrogen-bond acceptors (Lipinski definition) is 3. The van der Waals surface area contributed by atoms with Crippen molar-refractivity contribution in [3.05, 3.63) is 29.8 Å². The summed E-state index contributed by atoms with van der Waals surface area (Å²) in [5.74, 6) is 0.715. The van der Waals surface area contributed by atoms with Gasteiger partial charge >= 0.3 is 0 Å². The maximum absolute atomic E-state index is 12.2. The van der Waals surface area contributed by atoms with Gasteiger partial charge < -0.3 is 5.73 Å². The Labute approximate surface area is 118 Å². The number of nitrogens with two attached hydrogens (primary N) is 1. The lowest BCUT2D eigenvalue weighted by Crippen LogP contribution is -2.57. The van der Waals surface area contributed by atoms with E-state index in [1.807, 2.05) is 30.0 Å². The van der Waals surface area contributed by atoms with Crippen LogP contribution in [0, 0.1) is 0 Å². The average molecular weight is 276 g/mol. The van der Waals surface area contributed by atoms with E-state index in [0.717, 1.165) is 30.6 Å². The molecule has 1 fully saturated rings. The van der Waals surface area contributed by atoms with Crippen molar-refractivity contribution in [2.75, 3.05) is 5.75 Å². The first-order valence-corrected chi connectivity index (χ1v) is 8.01. The number of rotatable bonds is 3. The number of nitrogens with one attached hydrogen (secondary N) is 1. The smallest absolute Gasteiger partial charge is 0.242 e. The Morgan fingerprint density at radius 1 is 1.32 bits per heavy atom. The Kier molecular flexibility index (Phi) is 3.54. The molecule has 1 atom stereocenters. The number of primary amides is 1. The van der Waals surface area contributed by atoms with Crippen LogP contribution in [0.1, 0.15) is 37.7 Å².